The molecule has 7 heteroatoms. The summed E-state index contributed by atoms with van der Waals surface area (Å²) in [6.07, 6.45) is 1.82. The Morgan fingerprint density at radius 2 is 2.21 bits per heavy atom. The molecule has 2 heterocycles. The molecule has 2 rings (SSSR count). The second kappa shape index (κ2) is 5.75. The van der Waals surface area contributed by atoms with Crippen molar-refractivity contribution in [2.75, 3.05) is 12.4 Å². The molecule has 0 atom stereocenters. The van der Waals surface area contributed by atoms with Gasteiger partial charge in [-0.3, -0.25) is 0 Å². The van der Waals surface area contributed by atoms with E-state index in [0.717, 1.165) is 9.88 Å². The molecule has 0 aliphatic rings. The summed E-state index contributed by atoms with van der Waals surface area (Å²) in [5.74, 6) is 0.116. The van der Waals surface area contributed by atoms with Gasteiger partial charge in [-0.2, -0.15) is 0 Å². The number of thiazole rings is 1. The van der Waals surface area contributed by atoms with Crippen LogP contribution in [0, 0.1) is 13.8 Å². The van der Waals surface area contributed by atoms with E-state index in [-0.39, 0.29) is 5.82 Å². The quantitative estimate of drug-likeness (QED) is 0.861. The minimum absolute atomic E-state index is 0.0606. The number of esters is 1. The topological polar surface area (TPSA) is 77.0 Å². The van der Waals surface area contributed by atoms with E-state index in [1.54, 1.807) is 24.3 Å². The first-order valence-electron chi connectivity index (χ1n) is 5.67. The van der Waals surface area contributed by atoms with Gasteiger partial charge in [0.05, 0.1) is 18.7 Å². The number of nitrogens with one attached hydrogen (secondary N) is 1. The molecule has 0 unspecified atom stereocenters. The molecule has 0 amide bonds. The van der Waals surface area contributed by atoms with Crippen LogP contribution in [0.15, 0.2) is 12.3 Å². The standard InChI is InChI=1S/C12H14N4O2S/c1-7-4-10(16-11(15-7)12(17)18-3)14-6-9-5-13-8(2)19-9/h4-5H,6H2,1-3H3,(H,14,15,16). The van der Waals surface area contributed by atoms with Crippen LogP contribution in [0.2, 0.25) is 0 Å². The van der Waals surface area contributed by atoms with Crippen molar-refractivity contribution in [3.63, 3.8) is 0 Å². The zero-order chi connectivity index (χ0) is 13.8. The Morgan fingerprint density at radius 3 is 2.84 bits per heavy atom. The average Bonchev–Trinajstić information content (AvgIpc) is 2.80. The van der Waals surface area contributed by atoms with Gasteiger partial charge in [-0.15, -0.1) is 11.3 Å². The molecule has 2 aromatic rings. The Balaban J connectivity index is 2.11. The summed E-state index contributed by atoms with van der Waals surface area (Å²) >= 11 is 1.62. The number of methoxy groups -OCH3 is 1. The summed E-state index contributed by atoms with van der Waals surface area (Å²) in [5, 5.41) is 4.17. The Hall–Kier alpha value is -2.02. The number of aryl methyl sites for hydroxylation is 2. The highest BCUT2D eigenvalue weighted by atomic mass is 32.1. The first-order chi connectivity index (χ1) is 9.08. The smallest absolute Gasteiger partial charge is 0.376 e. The summed E-state index contributed by atoms with van der Waals surface area (Å²) in [6, 6.07) is 1.78. The highest BCUT2D eigenvalue weighted by Crippen LogP contribution is 2.14. The molecule has 0 radical (unpaired) electrons. The van der Waals surface area contributed by atoms with E-state index in [1.807, 2.05) is 13.1 Å². The molecule has 1 N–H and O–H groups in total. The van der Waals surface area contributed by atoms with Crippen molar-refractivity contribution >= 4 is 23.1 Å². The lowest BCUT2D eigenvalue weighted by molar-refractivity contribution is 0.0586. The number of aromatic nitrogens is 3. The zero-order valence-corrected chi connectivity index (χ0v) is 11.7. The molecule has 0 fully saturated rings. The van der Waals surface area contributed by atoms with E-state index in [2.05, 4.69) is 25.0 Å². The highest BCUT2D eigenvalue weighted by Gasteiger charge is 2.11. The summed E-state index contributed by atoms with van der Waals surface area (Å²) in [5.41, 5.74) is 0.707. The van der Waals surface area contributed by atoms with Gasteiger partial charge in [0.2, 0.25) is 5.82 Å². The molecule has 100 valence electrons. The predicted molar refractivity (Wildman–Crippen MR) is 72.3 cm³/mol. The molecule has 19 heavy (non-hydrogen) atoms. The number of carbonyl (C=O) groups excluding carboxylic acids is 1. The largest absolute Gasteiger partial charge is 0.463 e. The van der Waals surface area contributed by atoms with Crippen molar-refractivity contribution in [3.05, 3.63) is 33.7 Å². The van der Waals surface area contributed by atoms with Crippen molar-refractivity contribution in [2.24, 2.45) is 0 Å². The Bertz CT molecular complexity index is 597. The fourth-order valence-corrected chi connectivity index (χ4v) is 2.24. The lowest BCUT2D eigenvalue weighted by atomic mass is 10.4. The van der Waals surface area contributed by atoms with Crippen LogP contribution in [0.1, 0.15) is 26.2 Å². The van der Waals surface area contributed by atoms with Crippen molar-refractivity contribution in [1.82, 2.24) is 15.0 Å². The first-order valence-corrected chi connectivity index (χ1v) is 6.49. The lowest BCUT2D eigenvalue weighted by Crippen LogP contribution is -2.11. The summed E-state index contributed by atoms with van der Waals surface area (Å²) < 4.78 is 4.61. The number of anilines is 1. The van der Waals surface area contributed by atoms with Crippen molar-refractivity contribution in [1.29, 1.82) is 0 Å². The minimum atomic E-state index is -0.541. The van der Waals surface area contributed by atoms with E-state index in [9.17, 15) is 4.79 Å². The lowest BCUT2D eigenvalue weighted by Gasteiger charge is -2.06. The van der Waals surface area contributed by atoms with Gasteiger partial charge < -0.3 is 10.1 Å². The van der Waals surface area contributed by atoms with E-state index in [0.29, 0.717) is 18.1 Å². The maximum absolute atomic E-state index is 11.4. The molecule has 0 spiro atoms. The van der Waals surface area contributed by atoms with Crippen LogP contribution in [0.25, 0.3) is 0 Å². The highest BCUT2D eigenvalue weighted by molar-refractivity contribution is 7.11. The van der Waals surface area contributed by atoms with Gasteiger partial charge in [0.1, 0.15) is 5.82 Å². The van der Waals surface area contributed by atoms with Gasteiger partial charge in [0, 0.05) is 22.8 Å². The Labute approximate surface area is 114 Å². The first kappa shape index (κ1) is 13.4. The number of hydrogen-bond acceptors (Lipinski definition) is 7. The van der Waals surface area contributed by atoms with Crippen LogP contribution in [0.4, 0.5) is 5.82 Å². The van der Waals surface area contributed by atoms with E-state index in [1.165, 1.54) is 7.11 Å². The van der Waals surface area contributed by atoms with Crippen LogP contribution in [0.5, 0.6) is 0 Å². The van der Waals surface area contributed by atoms with Crippen molar-refractivity contribution < 1.29 is 9.53 Å². The van der Waals surface area contributed by atoms with Gasteiger partial charge in [-0.1, -0.05) is 0 Å². The van der Waals surface area contributed by atoms with Gasteiger partial charge in [0.15, 0.2) is 0 Å². The molecule has 0 aromatic carbocycles. The van der Waals surface area contributed by atoms with Crippen LogP contribution in [-0.2, 0) is 11.3 Å². The second-order valence-electron chi connectivity index (χ2n) is 3.91. The molecule has 0 aliphatic heterocycles. The number of nitrogens with zero attached hydrogens (tertiary/aromatic N) is 3. The van der Waals surface area contributed by atoms with Crippen LogP contribution >= 0.6 is 11.3 Å². The monoisotopic (exact) mass is 278 g/mol. The molecule has 0 saturated heterocycles. The number of carbonyl (C=O) groups is 1. The molecular weight excluding hydrogens is 264 g/mol. The fourth-order valence-electron chi connectivity index (χ4n) is 1.51. The molecular formula is C12H14N4O2S. The summed E-state index contributed by atoms with van der Waals surface area (Å²) in [7, 11) is 1.31. The minimum Gasteiger partial charge on any atom is -0.463 e. The zero-order valence-electron chi connectivity index (χ0n) is 10.9. The molecule has 6 nitrogen and oxygen atoms in total. The van der Waals surface area contributed by atoms with Gasteiger partial charge in [0.25, 0.3) is 0 Å². The van der Waals surface area contributed by atoms with Gasteiger partial charge in [-0.25, -0.2) is 19.7 Å². The van der Waals surface area contributed by atoms with Crippen molar-refractivity contribution in [2.45, 2.75) is 20.4 Å². The average molecular weight is 278 g/mol. The molecule has 0 bridgehead atoms. The molecule has 0 aliphatic carbocycles. The van der Waals surface area contributed by atoms with E-state index in [4.69, 9.17) is 0 Å². The summed E-state index contributed by atoms with van der Waals surface area (Å²) in [4.78, 5) is 24.8. The van der Waals surface area contributed by atoms with E-state index < -0.39 is 5.97 Å². The van der Waals surface area contributed by atoms with Gasteiger partial charge >= 0.3 is 5.97 Å². The summed E-state index contributed by atoms with van der Waals surface area (Å²) in [6.45, 7) is 4.37. The third-order valence-corrected chi connectivity index (χ3v) is 3.25. The number of ether oxygens (including phenoxy) is 1. The fraction of sp³-hybridized carbons (Fsp3) is 0.333. The molecule has 2 aromatic heterocycles. The SMILES string of the molecule is COC(=O)c1nc(C)cc(NCc2cnc(C)s2)n1. The van der Waals surface area contributed by atoms with Crippen LogP contribution in [-0.4, -0.2) is 28.0 Å². The maximum atomic E-state index is 11.4. The Morgan fingerprint density at radius 1 is 1.42 bits per heavy atom. The van der Waals surface area contributed by atoms with Crippen LogP contribution < -0.4 is 5.32 Å². The number of hydrogen-bond donors (Lipinski definition) is 1. The third kappa shape index (κ3) is 3.47. The number of rotatable bonds is 4. The normalized spacial score (nSPS) is 10.3. The van der Waals surface area contributed by atoms with E-state index >= 15 is 0 Å². The van der Waals surface area contributed by atoms with Crippen molar-refractivity contribution in [3.8, 4) is 0 Å². The maximum Gasteiger partial charge on any atom is 0.376 e. The molecule has 0 saturated carbocycles. The van der Waals surface area contributed by atoms with Gasteiger partial charge in [-0.05, 0) is 13.8 Å². The Kier molecular flexibility index (Phi) is 4.06. The second-order valence-corrected chi connectivity index (χ2v) is 5.23. The third-order valence-electron chi connectivity index (χ3n) is 2.34. The predicted octanol–water partition coefficient (Wildman–Crippen LogP) is 1.95. The van der Waals surface area contributed by atoms with Crippen LogP contribution in [0.3, 0.4) is 0 Å².